The number of hydrogen-bond acceptors (Lipinski definition) is 5. The molecule has 4 amide bonds. The molecule has 0 radical (unpaired) electrons. The molecule has 1 fully saturated rings. The summed E-state index contributed by atoms with van der Waals surface area (Å²) < 4.78 is 10.5. The highest BCUT2D eigenvalue weighted by molar-refractivity contribution is 6.39. The highest BCUT2D eigenvalue weighted by Gasteiger charge is 2.37. The van der Waals surface area contributed by atoms with Crippen LogP contribution in [0.2, 0.25) is 5.02 Å². The second-order valence-corrected chi connectivity index (χ2v) is 5.95. The van der Waals surface area contributed by atoms with Gasteiger partial charge in [-0.25, -0.2) is 9.69 Å². The first kappa shape index (κ1) is 18.5. The van der Waals surface area contributed by atoms with E-state index in [1.54, 1.807) is 30.3 Å². The van der Waals surface area contributed by atoms with E-state index in [1.165, 1.54) is 32.4 Å². The molecule has 0 aromatic heterocycles. The Balaban J connectivity index is 2.06. The summed E-state index contributed by atoms with van der Waals surface area (Å²) in [5.74, 6) is -0.736. The molecule has 0 aliphatic carbocycles. The molecule has 8 heteroatoms. The Labute approximate surface area is 160 Å². The normalized spacial score (nSPS) is 15.7. The average Bonchev–Trinajstić information content (AvgIpc) is 2.66. The van der Waals surface area contributed by atoms with Crippen molar-refractivity contribution in [2.45, 2.75) is 0 Å². The molecule has 0 saturated carbocycles. The van der Waals surface area contributed by atoms with E-state index in [9.17, 15) is 14.4 Å². The summed E-state index contributed by atoms with van der Waals surface area (Å²) in [6.45, 7) is 0. The van der Waals surface area contributed by atoms with Gasteiger partial charge in [0.05, 0.1) is 19.9 Å². The molecule has 2 aromatic rings. The highest BCUT2D eigenvalue weighted by Crippen LogP contribution is 2.33. The van der Waals surface area contributed by atoms with E-state index in [0.29, 0.717) is 22.1 Å². The summed E-state index contributed by atoms with van der Waals surface area (Å²) in [6.07, 6.45) is 1.36. The Hall–Kier alpha value is -3.32. The van der Waals surface area contributed by atoms with Gasteiger partial charge >= 0.3 is 6.03 Å². The molecule has 0 atom stereocenters. The molecule has 1 heterocycles. The Morgan fingerprint density at radius 1 is 1.00 bits per heavy atom. The van der Waals surface area contributed by atoms with E-state index in [2.05, 4.69) is 5.32 Å². The number of anilines is 1. The summed E-state index contributed by atoms with van der Waals surface area (Å²) in [5, 5.41) is 2.62. The van der Waals surface area contributed by atoms with Crippen molar-refractivity contribution in [1.82, 2.24) is 5.32 Å². The number of imide groups is 2. The van der Waals surface area contributed by atoms with Crippen molar-refractivity contribution in [2.24, 2.45) is 0 Å². The molecule has 138 valence electrons. The van der Waals surface area contributed by atoms with Gasteiger partial charge < -0.3 is 9.47 Å². The number of rotatable bonds is 4. The first-order chi connectivity index (χ1) is 13.0. The quantitative estimate of drug-likeness (QED) is 0.645. The molecule has 0 bridgehead atoms. The second kappa shape index (κ2) is 7.51. The standard InChI is InChI=1S/C19H15ClN2O5/c1-26-15-5-3-4-11(16(15)27-2)10-14-17(23)21-19(25)22(18(14)24)13-8-6-12(20)7-9-13/h3-10H,1-2H3,(H,21,23,25)/b14-10+. The van der Waals surface area contributed by atoms with Crippen LogP contribution in [0, 0.1) is 0 Å². The molecule has 7 nitrogen and oxygen atoms in total. The molecule has 0 unspecified atom stereocenters. The van der Waals surface area contributed by atoms with Crippen LogP contribution in [0.1, 0.15) is 5.56 Å². The predicted molar refractivity (Wildman–Crippen MR) is 100.0 cm³/mol. The fourth-order valence-electron chi connectivity index (χ4n) is 2.66. The monoisotopic (exact) mass is 386 g/mol. The maximum atomic E-state index is 12.9. The molecule has 27 heavy (non-hydrogen) atoms. The van der Waals surface area contributed by atoms with Crippen molar-refractivity contribution in [3.8, 4) is 11.5 Å². The Kier molecular flexibility index (Phi) is 5.14. The number of ether oxygens (including phenoxy) is 2. The molecule has 1 aliphatic heterocycles. The van der Waals surface area contributed by atoms with Crippen LogP contribution < -0.4 is 19.7 Å². The minimum Gasteiger partial charge on any atom is -0.493 e. The van der Waals surface area contributed by atoms with Crippen LogP contribution in [-0.4, -0.2) is 32.1 Å². The van der Waals surface area contributed by atoms with Gasteiger partial charge in [0, 0.05) is 10.6 Å². The highest BCUT2D eigenvalue weighted by atomic mass is 35.5. The zero-order valence-electron chi connectivity index (χ0n) is 14.5. The number of carbonyl (C=O) groups excluding carboxylic acids is 3. The smallest absolute Gasteiger partial charge is 0.335 e. The van der Waals surface area contributed by atoms with Gasteiger partial charge in [-0.2, -0.15) is 0 Å². The van der Waals surface area contributed by atoms with Crippen molar-refractivity contribution in [1.29, 1.82) is 0 Å². The molecule has 0 spiro atoms. The molecule has 2 aromatic carbocycles. The van der Waals surface area contributed by atoms with E-state index in [-0.39, 0.29) is 11.3 Å². The lowest BCUT2D eigenvalue weighted by Gasteiger charge is -2.26. The number of barbiturate groups is 1. The lowest BCUT2D eigenvalue weighted by molar-refractivity contribution is -0.122. The number of hydrogen-bond donors (Lipinski definition) is 1. The van der Waals surface area contributed by atoms with E-state index in [1.807, 2.05) is 0 Å². The van der Waals surface area contributed by atoms with Crippen molar-refractivity contribution in [3.05, 3.63) is 58.6 Å². The van der Waals surface area contributed by atoms with Crippen molar-refractivity contribution < 1.29 is 23.9 Å². The third kappa shape index (κ3) is 3.50. The van der Waals surface area contributed by atoms with Crippen LogP contribution in [-0.2, 0) is 9.59 Å². The number of carbonyl (C=O) groups is 3. The summed E-state index contributed by atoms with van der Waals surface area (Å²) in [7, 11) is 2.93. The zero-order chi connectivity index (χ0) is 19.6. The topological polar surface area (TPSA) is 84.9 Å². The van der Waals surface area contributed by atoms with Gasteiger partial charge in [0.25, 0.3) is 11.8 Å². The largest absolute Gasteiger partial charge is 0.493 e. The van der Waals surface area contributed by atoms with Crippen LogP contribution in [0.15, 0.2) is 48.0 Å². The summed E-state index contributed by atoms with van der Waals surface area (Å²) >= 11 is 5.85. The fraction of sp³-hybridized carbons (Fsp3) is 0.105. The summed E-state index contributed by atoms with van der Waals surface area (Å²) in [5.41, 5.74) is 0.537. The van der Waals surface area contributed by atoms with Crippen LogP contribution in [0.5, 0.6) is 11.5 Å². The minimum absolute atomic E-state index is 0.212. The van der Waals surface area contributed by atoms with E-state index < -0.39 is 17.8 Å². The van der Waals surface area contributed by atoms with Crippen LogP contribution in [0.3, 0.4) is 0 Å². The minimum atomic E-state index is -0.831. The Bertz CT molecular complexity index is 953. The van der Waals surface area contributed by atoms with Gasteiger partial charge in [-0.05, 0) is 36.4 Å². The number of nitrogens with zero attached hydrogens (tertiary/aromatic N) is 1. The molecule has 1 aliphatic rings. The third-order valence-corrected chi connectivity index (χ3v) is 4.17. The zero-order valence-corrected chi connectivity index (χ0v) is 15.2. The Morgan fingerprint density at radius 2 is 1.70 bits per heavy atom. The first-order valence-corrected chi connectivity index (χ1v) is 8.22. The van der Waals surface area contributed by atoms with Crippen LogP contribution in [0.25, 0.3) is 6.08 Å². The third-order valence-electron chi connectivity index (χ3n) is 3.92. The van der Waals surface area contributed by atoms with E-state index in [0.717, 1.165) is 4.90 Å². The van der Waals surface area contributed by atoms with E-state index in [4.69, 9.17) is 21.1 Å². The average molecular weight is 387 g/mol. The van der Waals surface area contributed by atoms with Gasteiger partial charge in [-0.15, -0.1) is 0 Å². The number of amides is 4. The Morgan fingerprint density at radius 3 is 2.33 bits per heavy atom. The lowest BCUT2D eigenvalue weighted by Crippen LogP contribution is -2.54. The summed E-state index contributed by atoms with van der Waals surface area (Å²) in [6, 6.07) is 10.3. The SMILES string of the molecule is COc1cccc(/C=C2\C(=O)NC(=O)N(c3ccc(Cl)cc3)C2=O)c1OC. The number of urea groups is 1. The van der Waals surface area contributed by atoms with Gasteiger partial charge in [0.15, 0.2) is 11.5 Å². The number of nitrogens with one attached hydrogen (secondary N) is 1. The molecule has 1 saturated heterocycles. The van der Waals surface area contributed by atoms with Crippen LogP contribution >= 0.6 is 11.6 Å². The van der Waals surface area contributed by atoms with Crippen molar-refractivity contribution >= 4 is 41.2 Å². The van der Waals surface area contributed by atoms with E-state index >= 15 is 0 Å². The predicted octanol–water partition coefficient (Wildman–Crippen LogP) is 3.02. The number of para-hydroxylation sites is 1. The fourth-order valence-corrected chi connectivity index (χ4v) is 2.79. The van der Waals surface area contributed by atoms with Gasteiger partial charge in [-0.3, -0.25) is 14.9 Å². The van der Waals surface area contributed by atoms with Crippen molar-refractivity contribution in [3.63, 3.8) is 0 Å². The first-order valence-electron chi connectivity index (χ1n) is 7.84. The van der Waals surface area contributed by atoms with Gasteiger partial charge in [0.2, 0.25) is 0 Å². The molecular weight excluding hydrogens is 372 g/mol. The van der Waals surface area contributed by atoms with Gasteiger partial charge in [-0.1, -0.05) is 23.7 Å². The maximum Gasteiger partial charge on any atom is 0.335 e. The van der Waals surface area contributed by atoms with Crippen LogP contribution in [0.4, 0.5) is 10.5 Å². The number of halogens is 1. The molecule has 3 rings (SSSR count). The summed E-state index contributed by atoms with van der Waals surface area (Å²) in [4.78, 5) is 38.2. The number of benzene rings is 2. The van der Waals surface area contributed by atoms with Crippen molar-refractivity contribution in [2.75, 3.05) is 19.1 Å². The maximum absolute atomic E-state index is 12.9. The molecular formula is C19H15ClN2O5. The molecule has 1 N–H and O–H groups in total. The lowest BCUT2D eigenvalue weighted by atomic mass is 10.1. The van der Waals surface area contributed by atoms with Gasteiger partial charge in [0.1, 0.15) is 5.57 Å². The number of methoxy groups -OCH3 is 2. The second-order valence-electron chi connectivity index (χ2n) is 5.52.